The second kappa shape index (κ2) is 5.70. The van der Waals surface area contributed by atoms with Crippen LogP contribution in [0.1, 0.15) is 20.3 Å². The van der Waals surface area contributed by atoms with E-state index in [1.807, 2.05) is 13.8 Å². The lowest BCUT2D eigenvalue weighted by molar-refractivity contribution is 0.209. The molecule has 0 saturated heterocycles. The summed E-state index contributed by atoms with van der Waals surface area (Å²) in [4.78, 5) is 9.20. The minimum Gasteiger partial charge on any atom is -0.399 e. The highest BCUT2D eigenvalue weighted by molar-refractivity contribution is 6.41. The minimum absolute atomic E-state index is 0.747. The monoisotopic (exact) mass is 158 g/mol. The molecular formula is C7H14N2O2. The van der Waals surface area contributed by atoms with Crippen molar-refractivity contribution in [1.29, 1.82) is 0 Å². The molecule has 0 radical (unpaired) electrons. The van der Waals surface area contributed by atoms with Gasteiger partial charge in [-0.25, -0.2) is 0 Å². The topological polar surface area (TPSA) is 43.2 Å². The maximum atomic E-state index is 4.61. The molecule has 0 aromatic carbocycles. The van der Waals surface area contributed by atoms with E-state index < -0.39 is 0 Å². The molecule has 0 unspecified atom stereocenters. The Kier molecular flexibility index (Phi) is 5.15. The molecule has 0 spiro atoms. The molecule has 0 heterocycles. The highest BCUT2D eigenvalue weighted by Crippen LogP contribution is 1.91. The standard InChI is InChI=1S/C7H14N2O2/c1-5-7(9-11-4)6(2)8-10-3/h5H2,1-4H3/b8-6+,9-7+. The molecule has 0 fully saturated rings. The fourth-order valence-corrected chi connectivity index (χ4v) is 0.686. The van der Waals surface area contributed by atoms with Crippen LogP contribution in [-0.4, -0.2) is 25.6 Å². The first-order chi connectivity index (χ1) is 5.26. The highest BCUT2D eigenvalue weighted by atomic mass is 16.6. The predicted octanol–water partition coefficient (Wildman–Crippen LogP) is 1.42. The summed E-state index contributed by atoms with van der Waals surface area (Å²) in [7, 11) is 3.01. The molecule has 0 aliphatic carbocycles. The molecule has 0 aliphatic heterocycles. The van der Waals surface area contributed by atoms with Gasteiger partial charge in [0.1, 0.15) is 25.6 Å². The maximum absolute atomic E-state index is 4.61. The van der Waals surface area contributed by atoms with Gasteiger partial charge in [-0.2, -0.15) is 0 Å². The largest absolute Gasteiger partial charge is 0.399 e. The third-order valence-electron chi connectivity index (χ3n) is 1.18. The van der Waals surface area contributed by atoms with Crippen molar-refractivity contribution in [2.45, 2.75) is 20.3 Å². The summed E-state index contributed by atoms with van der Waals surface area (Å²) >= 11 is 0. The molecule has 0 aliphatic rings. The molecule has 64 valence electrons. The van der Waals surface area contributed by atoms with Gasteiger partial charge >= 0.3 is 0 Å². The smallest absolute Gasteiger partial charge is 0.106 e. The lowest BCUT2D eigenvalue weighted by Crippen LogP contribution is -2.09. The number of hydrogen-bond acceptors (Lipinski definition) is 4. The third kappa shape index (κ3) is 3.60. The molecule has 0 rings (SSSR count). The number of oxime groups is 2. The fourth-order valence-electron chi connectivity index (χ4n) is 0.686. The highest BCUT2D eigenvalue weighted by Gasteiger charge is 2.01. The van der Waals surface area contributed by atoms with Crippen molar-refractivity contribution in [2.24, 2.45) is 10.3 Å². The third-order valence-corrected chi connectivity index (χ3v) is 1.18. The van der Waals surface area contributed by atoms with E-state index >= 15 is 0 Å². The Morgan fingerprint density at radius 2 is 1.73 bits per heavy atom. The molecule has 0 aromatic heterocycles. The van der Waals surface area contributed by atoms with Crippen molar-refractivity contribution in [3.63, 3.8) is 0 Å². The Bertz CT molecular complexity index is 164. The molecule has 11 heavy (non-hydrogen) atoms. The minimum atomic E-state index is 0.747. The van der Waals surface area contributed by atoms with Crippen molar-refractivity contribution in [3.05, 3.63) is 0 Å². The Hall–Kier alpha value is -1.06. The lowest BCUT2D eigenvalue weighted by Gasteiger charge is -1.99. The molecule has 0 atom stereocenters. The summed E-state index contributed by atoms with van der Waals surface area (Å²) < 4.78 is 0. The van der Waals surface area contributed by atoms with Crippen LogP contribution in [0.2, 0.25) is 0 Å². The van der Waals surface area contributed by atoms with Gasteiger partial charge in [-0.15, -0.1) is 0 Å². The molecule has 0 bridgehead atoms. The van der Waals surface area contributed by atoms with Crippen LogP contribution in [0, 0.1) is 0 Å². The van der Waals surface area contributed by atoms with Crippen molar-refractivity contribution in [3.8, 4) is 0 Å². The first-order valence-electron chi connectivity index (χ1n) is 3.44. The van der Waals surface area contributed by atoms with Gasteiger partial charge in [-0.3, -0.25) is 0 Å². The quantitative estimate of drug-likeness (QED) is 0.458. The zero-order valence-corrected chi connectivity index (χ0v) is 7.42. The van der Waals surface area contributed by atoms with Gasteiger partial charge in [0.05, 0.1) is 0 Å². The summed E-state index contributed by atoms with van der Waals surface area (Å²) in [5.74, 6) is 0. The van der Waals surface area contributed by atoms with Crippen LogP contribution in [0.25, 0.3) is 0 Å². The van der Waals surface area contributed by atoms with E-state index in [1.165, 1.54) is 14.2 Å². The predicted molar refractivity (Wildman–Crippen MR) is 44.9 cm³/mol. The van der Waals surface area contributed by atoms with E-state index in [9.17, 15) is 0 Å². The van der Waals surface area contributed by atoms with Crippen LogP contribution in [0.3, 0.4) is 0 Å². The van der Waals surface area contributed by atoms with Crippen LogP contribution < -0.4 is 0 Å². The molecule has 0 N–H and O–H groups in total. The summed E-state index contributed by atoms with van der Waals surface area (Å²) in [6.45, 7) is 3.80. The molecule has 4 nitrogen and oxygen atoms in total. The first-order valence-corrected chi connectivity index (χ1v) is 3.44. The molecule has 4 heteroatoms. The fraction of sp³-hybridized carbons (Fsp3) is 0.714. The van der Waals surface area contributed by atoms with Gasteiger partial charge in [-0.1, -0.05) is 17.2 Å². The SMILES string of the molecule is CCC(=N\OC)/C(C)=N/OC. The van der Waals surface area contributed by atoms with Gasteiger partial charge < -0.3 is 9.68 Å². The van der Waals surface area contributed by atoms with Crippen molar-refractivity contribution >= 4 is 11.4 Å². The van der Waals surface area contributed by atoms with E-state index in [4.69, 9.17) is 0 Å². The van der Waals surface area contributed by atoms with Crippen molar-refractivity contribution in [2.75, 3.05) is 14.2 Å². The Morgan fingerprint density at radius 3 is 2.09 bits per heavy atom. The van der Waals surface area contributed by atoms with Crippen molar-refractivity contribution < 1.29 is 9.68 Å². The number of hydrogen-bond donors (Lipinski definition) is 0. The maximum Gasteiger partial charge on any atom is 0.106 e. The second-order valence-electron chi connectivity index (χ2n) is 1.93. The normalized spacial score (nSPS) is 13.1. The molecule has 0 saturated carbocycles. The van der Waals surface area contributed by atoms with E-state index in [2.05, 4.69) is 20.0 Å². The molecule has 0 amide bonds. The second-order valence-corrected chi connectivity index (χ2v) is 1.93. The Labute approximate surface area is 66.9 Å². The van der Waals surface area contributed by atoms with E-state index in [0.717, 1.165) is 17.8 Å². The average Bonchev–Trinajstić information content (AvgIpc) is 2.00. The Balaban J connectivity index is 4.25. The van der Waals surface area contributed by atoms with Crippen LogP contribution in [0.4, 0.5) is 0 Å². The average molecular weight is 158 g/mol. The van der Waals surface area contributed by atoms with Gasteiger partial charge in [0.25, 0.3) is 0 Å². The van der Waals surface area contributed by atoms with Gasteiger partial charge in [0, 0.05) is 0 Å². The van der Waals surface area contributed by atoms with Gasteiger partial charge in [0.2, 0.25) is 0 Å². The zero-order chi connectivity index (χ0) is 8.69. The summed E-state index contributed by atoms with van der Waals surface area (Å²) in [6, 6.07) is 0. The first kappa shape index (κ1) is 9.94. The van der Waals surface area contributed by atoms with Crippen LogP contribution >= 0.6 is 0 Å². The van der Waals surface area contributed by atoms with Gasteiger partial charge in [-0.05, 0) is 13.3 Å². The molecular weight excluding hydrogens is 144 g/mol. The van der Waals surface area contributed by atoms with Crippen LogP contribution in [0.5, 0.6) is 0 Å². The summed E-state index contributed by atoms with van der Waals surface area (Å²) in [5, 5.41) is 7.49. The van der Waals surface area contributed by atoms with E-state index in [-0.39, 0.29) is 0 Å². The number of rotatable bonds is 4. The van der Waals surface area contributed by atoms with E-state index in [0.29, 0.717) is 0 Å². The molecule has 0 aromatic rings. The lowest BCUT2D eigenvalue weighted by atomic mass is 10.2. The van der Waals surface area contributed by atoms with Crippen LogP contribution in [0.15, 0.2) is 10.3 Å². The van der Waals surface area contributed by atoms with Gasteiger partial charge in [0.15, 0.2) is 0 Å². The van der Waals surface area contributed by atoms with E-state index in [1.54, 1.807) is 0 Å². The van der Waals surface area contributed by atoms with Crippen LogP contribution in [-0.2, 0) is 9.68 Å². The number of nitrogens with zero attached hydrogens (tertiary/aromatic N) is 2. The zero-order valence-electron chi connectivity index (χ0n) is 7.42. The Morgan fingerprint density at radius 1 is 1.18 bits per heavy atom. The summed E-state index contributed by atoms with van der Waals surface area (Å²) in [6.07, 6.45) is 0.784. The summed E-state index contributed by atoms with van der Waals surface area (Å²) in [5.41, 5.74) is 1.55. The van der Waals surface area contributed by atoms with Crippen molar-refractivity contribution in [1.82, 2.24) is 0 Å².